The molecule has 17 heteroatoms. The summed E-state index contributed by atoms with van der Waals surface area (Å²) in [7, 11) is 0. The van der Waals surface area contributed by atoms with Gasteiger partial charge in [0.1, 0.15) is 60.5 Å². The number of hydrogen-bond acceptors (Lipinski definition) is 14. The zero-order valence-electron chi connectivity index (χ0n) is 26.0. The highest BCUT2D eigenvalue weighted by atomic mass is 35.5. The number of aliphatic hydroxyl groups is 4. The van der Waals surface area contributed by atoms with Crippen molar-refractivity contribution >= 4 is 29.2 Å². The summed E-state index contributed by atoms with van der Waals surface area (Å²) >= 11 is 5.85. The molecule has 5 N–H and O–H groups in total. The Balaban J connectivity index is 1.18. The first-order chi connectivity index (χ1) is 24.0. The average Bonchev–Trinajstić information content (AvgIpc) is 3.13. The van der Waals surface area contributed by atoms with Crippen LogP contribution in [0.2, 0.25) is 5.02 Å². The lowest BCUT2D eigenvalue weighted by atomic mass is 9.95. The van der Waals surface area contributed by atoms with E-state index in [1.807, 2.05) is 6.07 Å². The van der Waals surface area contributed by atoms with E-state index in [1.54, 1.807) is 42.5 Å². The van der Waals surface area contributed by atoms with Gasteiger partial charge in [-0.3, -0.25) is 14.9 Å². The van der Waals surface area contributed by atoms with E-state index in [1.165, 1.54) is 18.2 Å². The van der Waals surface area contributed by atoms with Crippen molar-refractivity contribution in [2.24, 2.45) is 0 Å². The summed E-state index contributed by atoms with van der Waals surface area (Å²) in [6, 6.07) is 20.2. The number of amides is 1. The van der Waals surface area contributed by atoms with Crippen molar-refractivity contribution in [3.05, 3.63) is 111 Å². The van der Waals surface area contributed by atoms with Crippen LogP contribution in [0.5, 0.6) is 0 Å². The molecule has 266 valence electrons. The van der Waals surface area contributed by atoms with Crippen molar-refractivity contribution in [3.63, 3.8) is 0 Å². The highest BCUT2D eigenvalue weighted by Crippen LogP contribution is 2.36. The molecular formula is C33H33ClN2O14. The van der Waals surface area contributed by atoms with Crippen molar-refractivity contribution in [3.8, 4) is 0 Å². The number of carbonyl (C=O) groups is 2. The Labute approximate surface area is 289 Å². The molecule has 50 heavy (non-hydrogen) atoms. The molecule has 0 bridgehead atoms. The van der Waals surface area contributed by atoms with Crippen molar-refractivity contribution in [2.45, 2.75) is 67.6 Å². The highest BCUT2D eigenvalue weighted by molar-refractivity contribution is 6.32. The maximum absolute atomic E-state index is 13.1. The third kappa shape index (κ3) is 7.64. The first-order valence-corrected chi connectivity index (χ1v) is 15.9. The van der Waals surface area contributed by atoms with Crippen LogP contribution < -0.4 is 5.32 Å². The highest BCUT2D eigenvalue weighted by Gasteiger charge is 2.53. The molecule has 3 heterocycles. The van der Waals surface area contributed by atoms with E-state index in [2.05, 4.69) is 5.32 Å². The number of esters is 1. The van der Waals surface area contributed by atoms with Crippen LogP contribution in [0.15, 0.2) is 78.9 Å². The molecule has 0 spiro atoms. The minimum absolute atomic E-state index is 0.0602. The smallest absolute Gasteiger partial charge is 0.338 e. The predicted molar refractivity (Wildman–Crippen MR) is 169 cm³/mol. The lowest BCUT2D eigenvalue weighted by molar-refractivity contribution is -0.384. The van der Waals surface area contributed by atoms with Crippen LogP contribution in [0, 0.1) is 10.1 Å². The number of fused-ring (bicyclic) bond motifs is 1. The average molecular weight is 717 g/mol. The third-order valence-electron chi connectivity index (χ3n) is 8.45. The molecule has 0 saturated carbocycles. The fraction of sp³-hybridized carbons (Fsp3) is 0.394. The number of aliphatic hydroxyl groups excluding tert-OH is 4. The number of nitro benzene ring substituents is 1. The van der Waals surface area contributed by atoms with Crippen LogP contribution >= 0.6 is 11.6 Å². The maximum atomic E-state index is 13.1. The van der Waals surface area contributed by atoms with Crippen molar-refractivity contribution in [2.75, 3.05) is 13.2 Å². The molecule has 16 nitrogen and oxygen atoms in total. The molecule has 3 aliphatic rings. The summed E-state index contributed by atoms with van der Waals surface area (Å²) in [5.41, 5.74) is 0.141. The Morgan fingerprint density at radius 1 is 0.880 bits per heavy atom. The molecule has 3 fully saturated rings. The van der Waals surface area contributed by atoms with Gasteiger partial charge in [-0.15, -0.1) is 0 Å². The topological polar surface area (TPSA) is 226 Å². The molecule has 1 amide bonds. The summed E-state index contributed by atoms with van der Waals surface area (Å²) in [4.78, 5) is 36.4. The lowest BCUT2D eigenvalue weighted by Gasteiger charge is -2.48. The van der Waals surface area contributed by atoms with E-state index in [9.17, 15) is 40.1 Å². The van der Waals surface area contributed by atoms with Gasteiger partial charge < -0.3 is 54.2 Å². The molecule has 0 radical (unpaired) electrons. The maximum Gasteiger partial charge on any atom is 0.338 e. The molecule has 0 aliphatic carbocycles. The van der Waals surface area contributed by atoms with Gasteiger partial charge in [0.2, 0.25) is 0 Å². The van der Waals surface area contributed by atoms with Crippen molar-refractivity contribution < 1.29 is 63.4 Å². The number of ether oxygens (including phenoxy) is 6. The summed E-state index contributed by atoms with van der Waals surface area (Å²) in [6.45, 7) is -0.640. The predicted octanol–water partition coefficient (Wildman–Crippen LogP) is 1.23. The standard InChI is InChI=1S/C33H33ClN2O14/c34-19-12-11-18(13-20(19)36(43)44)29(41)35-30-25(39)23(37)27(21(47-30)14-45-31(42)16-7-3-1-4-8-16)50-33-26(40)24(38)28-22(48-33)15-46-32(49-28)17-9-5-2-6-10-17/h1-13,21-28,30,32-33,37-40H,14-15H2,(H,35,41)/t21-,22-,23-,24-,25-,26-,27-,28-,30-,32+,33-/m1/s1. The molecule has 11 atom stereocenters. The van der Waals surface area contributed by atoms with Crippen LogP contribution in [0.1, 0.15) is 32.6 Å². The zero-order valence-corrected chi connectivity index (χ0v) is 26.7. The van der Waals surface area contributed by atoms with Gasteiger partial charge in [-0.2, -0.15) is 0 Å². The normalized spacial score (nSPS) is 32.4. The number of nitro groups is 1. The Kier molecular flexibility index (Phi) is 11.0. The van der Waals surface area contributed by atoms with Crippen molar-refractivity contribution in [1.82, 2.24) is 5.32 Å². The minimum atomic E-state index is -1.88. The number of nitrogens with zero attached hydrogens (tertiary/aromatic N) is 1. The van der Waals surface area contributed by atoms with Gasteiger partial charge in [0.05, 0.1) is 17.1 Å². The summed E-state index contributed by atoms with van der Waals surface area (Å²) in [6.07, 6.45) is -16.0. The van der Waals surface area contributed by atoms with E-state index in [-0.39, 0.29) is 22.8 Å². The van der Waals surface area contributed by atoms with Crippen LogP contribution in [0.3, 0.4) is 0 Å². The number of halogens is 1. The summed E-state index contributed by atoms with van der Waals surface area (Å²) < 4.78 is 34.8. The van der Waals surface area contributed by atoms with E-state index in [0.717, 1.165) is 12.1 Å². The van der Waals surface area contributed by atoms with Gasteiger partial charge >= 0.3 is 5.97 Å². The molecule has 3 aromatic rings. The zero-order chi connectivity index (χ0) is 35.5. The SMILES string of the molecule is O=C(N[C@@H]1O[C@H](COC(=O)c2ccccc2)[C@@H](O[C@H]2O[C@@H]3CO[C@H](c4ccccc4)O[C@H]3[C@H](O)[C@H]2O)[C@H](O)[C@H]1O)c1ccc(Cl)c([N+](=O)[O-])c1. The molecule has 6 rings (SSSR count). The van der Waals surface area contributed by atoms with E-state index in [4.69, 9.17) is 40.0 Å². The van der Waals surface area contributed by atoms with Gasteiger partial charge in [0, 0.05) is 17.2 Å². The minimum Gasteiger partial charge on any atom is -0.459 e. The monoisotopic (exact) mass is 716 g/mol. The molecular weight excluding hydrogens is 684 g/mol. The number of benzene rings is 3. The molecule has 3 aliphatic heterocycles. The van der Waals surface area contributed by atoms with E-state index in [0.29, 0.717) is 5.56 Å². The van der Waals surface area contributed by atoms with Gasteiger partial charge in [0.15, 0.2) is 18.8 Å². The molecule has 0 aromatic heterocycles. The van der Waals surface area contributed by atoms with Crippen LogP contribution in [0.25, 0.3) is 0 Å². The fourth-order valence-corrected chi connectivity index (χ4v) is 5.99. The summed E-state index contributed by atoms with van der Waals surface area (Å²) in [5.74, 6) is -1.69. The Morgan fingerprint density at radius 2 is 1.58 bits per heavy atom. The fourth-order valence-electron chi connectivity index (χ4n) is 5.81. The van der Waals surface area contributed by atoms with E-state index < -0.39 is 96.7 Å². The Morgan fingerprint density at radius 3 is 2.28 bits per heavy atom. The number of hydrogen-bond donors (Lipinski definition) is 5. The molecule has 0 unspecified atom stereocenters. The number of rotatable bonds is 9. The first-order valence-electron chi connectivity index (χ1n) is 15.5. The van der Waals surface area contributed by atoms with Crippen LogP contribution in [-0.2, 0) is 28.4 Å². The molecule has 3 saturated heterocycles. The number of carbonyl (C=O) groups excluding carboxylic acids is 2. The largest absolute Gasteiger partial charge is 0.459 e. The second-order valence-corrected chi connectivity index (χ2v) is 12.1. The van der Waals surface area contributed by atoms with Crippen LogP contribution in [0.4, 0.5) is 5.69 Å². The van der Waals surface area contributed by atoms with Gasteiger partial charge in [0.25, 0.3) is 11.6 Å². The second-order valence-electron chi connectivity index (χ2n) is 11.7. The first kappa shape index (κ1) is 35.7. The lowest BCUT2D eigenvalue weighted by Crippen LogP contribution is -2.67. The summed E-state index contributed by atoms with van der Waals surface area (Å²) in [5, 5.41) is 57.9. The van der Waals surface area contributed by atoms with Gasteiger partial charge in [-0.25, -0.2) is 4.79 Å². The van der Waals surface area contributed by atoms with E-state index >= 15 is 0 Å². The quantitative estimate of drug-likeness (QED) is 0.119. The third-order valence-corrected chi connectivity index (χ3v) is 8.77. The van der Waals surface area contributed by atoms with Crippen molar-refractivity contribution in [1.29, 1.82) is 0 Å². The van der Waals surface area contributed by atoms with Gasteiger partial charge in [-0.1, -0.05) is 60.1 Å². The number of nitrogens with one attached hydrogen (secondary N) is 1. The van der Waals surface area contributed by atoms with Gasteiger partial charge in [-0.05, 0) is 24.3 Å². The second kappa shape index (κ2) is 15.4. The van der Waals surface area contributed by atoms with Crippen LogP contribution in [-0.4, -0.2) is 112 Å². The molecule has 3 aromatic carbocycles. The Bertz CT molecular complexity index is 1670. The Hall–Kier alpha value is -4.07.